The smallest absolute Gasteiger partial charge is 0.154 e. The lowest BCUT2D eigenvalue weighted by molar-refractivity contribution is 0.434. The highest BCUT2D eigenvalue weighted by Gasteiger charge is 2.29. The summed E-state index contributed by atoms with van der Waals surface area (Å²) >= 11 is 0. The molecule has 1 heterocycles. The van der Waals surface area contributed by atoms with Crippen molar-refractivity contribution in [3.63, 3.8) is 0 Å². The van der Waals surface area contributed by atoms with Gasteiger partial charge in [0, 0.05) is 6.04 Å². The molecule has 0 aromatic heterocycles. The molecule has 0 amide bonds. The molecule has 1 rings (SSSR count). The van der Waals surface area contributed by atoms with Crippen LogP contribution in [0.25, 0.3) is 0 Å². The Kier molecular flexibility index (Phi) is 3.35. The van der Waals surface area contributed by atoms with E-state index in [0.717, 1.165) is 13.0 Å². The highest BCUT2D eigenvalue weighted by atomic mass is 32.2. The zero-order valence-electron chi connectivity index (χ0n) is 8.58. The molecule has 1 saturated heterocycles. The summed E-state index contributed by atoms with van der Waals surface area (Å²) in [5.74, 6) is 0.686. The van der Waals surface area contributed by atoms with Crippen LogP contribution in [-0.4, -0.2) is 32.0 Å². The molecule has 1 N–H and O–H groups in total. The molecule has 0 radical (unpaired) electrons. The van der Waals surface area contributed by atoms with Crippen LogP contribution in [0.3, 0.4) is 0 Å². The van der Waals surface area contributed by atoms with E-state index in [0.29, 0.717) is 11.7 Å². The van der Waals surface area contributed by atoms with Crippen LogP contribution in [-0.2, 0) is 9.84 Å². The van der Waals surface area contributed by atoms with Crippen molar-refractivity contribution in [2.75, 3.05) is 12.3 Å². The summed E-state index contributed by atoms with van der Waals surface area (Å²) in [6, 6.07) is 0.134. The maximum atomic E-state index is 11.7. The Morgan fingerprint density at radius 1 is 1.38 bits per heavy atom. The lowest BCUT2D eigenvalue weighted by atomic mass is 10.1. The van der Waals surface area contributed by atoms with Crippen molar-refractivity contribution in [1.82, 2.24) is 5.32 Å². The van der Waals surface area contributed by atoms with Gasteiger partial charge in [-0.1, -0.05) is 13.8 Å². The number of rotatable bonds is 1. The zero-order valence-corrected chi connectivity index (χ0v) is 9.39. The second kappa shape index (κ2) is 3.96. The molecule has 2 unspecified atom stereocenters. The molecule has 0 bridgehead atoms. The quantitative estimate of drug-likeness (QED) is 0.689. The van der Waals surface area contributed by atoms with Crippen molar-refractivity contribution in [2.24, 2.45) is 5.92 Å². The predicted molar refractivity (Wildman–Crippen MR) is 54.5 cm³/mol. The molecule has 3 nitrogen and oxygen atoms in total. The van der Waals surface area contributed by atoms with Crippen LogP contribution in [0.1, 0.15) is 27.2 Å². The van der Waals surface area contributed by atoms with Crippen LogP contribution in [0, 0.1) is 5.92 Å². The maximum Gasteiger partial charge on any atom is 0.154 e. The third-order valence-corrected chi connectivity index (χ3v) is 5.07. The first-order chi connectivity index (χ1) is 5.93. The van der Waals surface area contributed by atoms with Crippen molar-refractivity contribution >= 4 is 9.84 Å². The number of nitrogens with one attached hydrogen (secondary N) is 1. The molecule has 78 valence electrons. The average Bonchev–Trinajstić information content (AvgIpc) is 2.12. The fraction of sp³-hybridized carbons (Fsp3) is 1.00. The third-order valence-electron chi connectivity index (χ3n) is 2.79. The van der Waals surface area contributed by atoms with Gasteiger partial charge in [0.1, 0.15) is 0 Å². The summed E-state index contributed by atoms with van der Waals surface area (Å²) in [6.07, 6.45) is 0.742. The van der Waals surface area contributed by atoms with Crippen molar-refractivity contribution in [2.45, 2.75) is 38.5 Å². The number of hydrogen-bond donors (Lipinski definition) is 1. The topological polar surface area (TPSA) is 46.2 Å². The van der Waals surface area contributed by atoms with E-state index in [1.54, 1.807) is 6.92 Å². The standard InChI is InChI=1S/C9H19NO2S/c1-7(2)9-6-13(11,12)8(3)4-5-10-9/h7-10H,4-6H2,1-3H3. The summed E-state index contributed by atoms with van der Waals surface area (Å²) < 4.78 is 23.4. The van der Waals surface area contributed by atoms with Crippen molar-refractivity contribution in [3.8, 4) is 0 Å². The lowest BCUT2D eigenvalue weighted by Gasteiger charge is -2.19. The van der Waals surface area contributed by atoms with Gasteiger partial charge >= 0.3 is 0 Å². The van der Waals surface area contributed by atoms with E-state index < -0.39 is 9.84 Å². The molecule has 1 aliphatic rings. The van der Waals surface area contributed by atoms with Gasteiger partial charge < -0.3 is 5.32 Å². The Morgan fingerprint density at radius 3 is 2.54 bits per heavy atom. The first-order valence-electron chi connectivity index (χ1n) is 4.88. The number of sulfone groups is 1. The van der Waals surface area contributed by atoms with E-state index in [4.69, 9.17) is 0 Å². The van der Waals surface area contributed by atoms with Crippen LogP contribution in [0.2, 0.25) is 0 Å². The van der Waals surface area contributed by atoms with Crippen molar-refractivity contribution in [3.05, 3.63) is 0 Å². The Labute approximate surface area is 80.8 Å². The fourth-order valence-electron chi connectivity index (χ4n) is 1.55. The van der Waals surface area contributed by atoms with Gasteiger partial charge in [0.25, 0.3) is 0 Å². The van der Waals surface area contributed by atoms with Gasteiger partial charge in [-0.05, 0) is 25.8 Å². The van der Waals surface area contributed by atoms with Gasteiger partial charge in [0.05, 0.1) is 11.0 Å². The Bertz CT molecular complexity index is 259. The van der Waals surface area contributed by atoms with E-state index in [9.17, 15) is 8.42 Å². The third kappa shape index (κ3) is 2.68. The Hall–Kier alpha value is -0.0900. The molecular formula is C9H19NO2S. The van der Waals surface area contributed by atoms with Gasteiger partial charge in [0.15, 0.2) is 9.84 Å². The fourth-order valence-corrected chi connectivity index (χ4v) is 3.36. The molecule has 1 aliphatic heterocycles. The second-order valence-electron chi connectivity index (χ2n) is 4.23. The largest absolute Gasteiger partial charge is 0.313 e. The first kappa shape index (κ1) is 11.0. The summed E-state index contributed by atoms with van der Waals surface area (Å²) in [5.41, 5.74) is 0. The highest BCUT2D eigenvalue weighted by Crippen LogP contribution is 2.15. The monoisotopic (exact) mass is 205 g/mol. The van der Waals surface area contributed by atoms with Crippen LogP contribution in [0.5, 0.6) is 0 Å². The van der Waals surface area contributed by atoms with E-state index >= 15 is 0 Å². The molecule has 2 atom stereocenters. The van der Waals surface area contributed by atoms with Gasteiger partial charge in [-0.25, -0.2) is 8.42 Å². The predicted octanol–water partition coefficient (Wildman–Crippen LogP) is 0.808. The van der Waals surface area contributed by atoms with Crippen LogP contribution < -0.4 is 5.32 Å². The zero-order chi connectivity index (χ0) is 10.1. The molecule has 0 spiro atoms. The Morgan fingerprint density at radius 2 is 2.00 bits per heavy atom. The SMILES string of the molecule is CC(C)C1CS(=O)(=O)C(C)CCN1. The first-order valence-corrected chi connectivity index (χ1v) is 6.60. The van der Waals surface area contributed by atoms with Gasteiger partial charge in [-0.3, -0.25) is 0 Å². The summed E-state index contributed by atoms with van der Waals surface area (Å²) in [7, 11) is -2.85. The lowest BCUT2D eigenvalue weighted by Crippen LogP contribution is -2.38. The molecule has 4 heteroatoms. The summed E-state index contributed by atoms with van der Waals surface area (Å²) in [5, 5.41) is 3.11. The molecule has 0 saturated carbocycles. The maximum absolute atomic E-state index is 11.7. The minimum atomic E-state index is -2.85. The average molecular weight is 205 g/mol. The van der Waals surface area contributed by atoms with E-state index in [1.807, 2.05) is 0 Å². The number of hydrogen-bond acceptors (Lipinski definition) is 3. The van der Waals surface area contributed by atoms with Gasteiger partial charge in [-0.15, -0.1) is 0 Å². The van der Waals surface area contributed by atoms with E-state index in [1.165, 1.54) is 0 Å². The van der Waals surface area contributed by atoms with Gasteiger partial charge in [0.2, 0.25) is 0 Å². The van der Waals surface area contributed by atoms with Crippen LogP contribution >= 0.6 is 0 Å². The second-order valence-corrected chi connectivity index (χ2v) is 6.70. The summed E-state index contributed by atoms with van der Waals surface area (Å²) in [4.78, 5) is 0. The molecular weight excluding hydrogens is 186 g/mol. The highest BCUT2D eigenvalue weighted by molar-refractivity contribution is 7.92. The molecule has 13 heavy (non-hydrogen) atoms. The van der Waals surface area contributed by atoms with Crippen molar-refractivity contribution < 1.29 is 8.42 Å². The van der Waals surface area contributed by atoms with E-state index in [-0.39, 0.29) is 11.3 Å². The molecule has 1 fully saturated rings. The molecule has 0 aliphatic carbocycles. The molecule has 0 aromatic carbocycles. The minimum Gasteiger partial charge on any atom is -0.313 e. The minimum absolute atomic E-state index is 0.134. The molecule has 0 aromatic rings. The summed E-state index contributed by atoms with van der Waals surface area (Å²) in [6.45, 7) is 6.75. The Balaban J connectivity index is 2.77. The van der Waals surface area contributed by atoms with Gasteiger partial charge in [-0.2, -0.15) is 0 Å². The van der Waals surface area contributed by atoms with Crippen LogP contribution in [0.15, 0.2) is 0 Å². The van der Waals surface area contributed by atoms with Crippen molar-refractivity contribution in [1.29, 1.82) is 0 Å². The normalized spacial score (nSPS) is 34.5. The van der Waals surface area contributed by atoms with E-state index in [2.05, 4.69) is 19.2 Å². The van der Waals surface area contributed by atoms with Crippen LogP contribution in [0.4, 0.5) is 0 Å².